The lowest BCUT2D eigenvalue weighted by atomic mass is 9.65. The summed E-state index contributed by atoms with van der Waals surface area (Å²) in [5, 5.41) is 2.93. The van der Waals surface area contributed by atoms with Gasteiger partial charge in [-0.1, -0.05) is 48.5 Å². The summed E-state index contributed by atoms with van der Waals surface area (Å²) in [6.07, 6.45) is 0.0788. The van der Waals surface area contributed by atoms with Gasteiger partial charge in [0.05, 0.1) is 18.4 Å². The Bertz CT molecular complexity index is 756. The van der Waals surface area contributed by atoms with Crippen LogP contribution in [0.2, 0.25) is 0 Å². The van der Waals surface area contributed by atoms with E-state index in [0.29, 0.717) is 0 Å². The number of hydrogen-bond donors (Lipinski definition) is 1. The third kappa shape index (κ3) is 1.70. The lowest BCUT2D eigenvalue weighted by molar-refractivity contribution is -0.154. The summed E-state index contributed by atoms with van der Waals surface area (Å²) in [5.74, 6) is -0.603. The van der Waals surface area contributed by atoms with Crippen LogP contribution in [0.25, 0.3) is 0 Å². The lowest BCUT2D eigenvalue weighted by Gasteiger charge is -2.38. The molecule has 0 aliphatic carbocycles. The van der Waals surface area contributed by atoms with E-state index in [2.05, 4.69) is 5.32 Å². The minimum atomic E-state index is -0.868. The zero-order valence-corrected chi connectivity index (χ0v) is 11.9. The molecule has 2 atom stereocenters. The van der Waals surface area contributed by atoms with E-state index in [9.17, 15) is 9.59 Å². The molecular formula is C18H15NO3. The highest BCUT2D eigenvalue weighted by Gasteiger charge is 2.56. The van der Waals surface area contributed by atoms with Crippen molar-refractivity contribution in [3.8, 4) is 0 Å². The molecule has 2 heterocycles. The van der Waals surface area contributed by atoms with Crippen molar-refractivity contribution in [2.75, 3.05) is 11.9 Å². The van der Waals surface area contributed by atoms with Crippen LogP contribution in [0.5, 0.6) is 0 Å². The molecular weight excluding hydrogens is 278 g/mol. The quantitative estimate of drug-likeness (QED) is 0.822. The molecule has 4 nitrogen and oxygen atoms in total. The van der Waals surface area contributed by atoms with Crippen LogP contribution in [0.15, 0.2) is 54.6 Å². The highest BCUT2D eigenvalue weighted by atomic mass is 16.5. The molecule has 110 valence electrons. The van der Waals surface area contributed by atoms with Crippen LogP contribution in [-0.4, -0.2) is 18.5 Å². The second-order valence-corrected chi connectivity index (χ2v) is 5.79. The molecule has 0 saturated carbocycles. The van der Waals surface area contributed by atoms with Gasteiger partial charge in [0.2, 0.25) is 5.91 Å². The van der Waals surface area contributed by atoms with E-state index in [1.807, 2.05) is 54.6 Å². The summed E-state index contributed by atoms with van der Waals surface area (Å²) in [7, 11) is 0. The van der Waals surface area contributed by atoms with Crippen molar-refractivity contribution >= 4 is 17.6 Å². The monoisotopic (exact) mass is 293 g/mol. The van der Waals surface area contributed by atoms with E-state index in [1.165, 1.54) is 0 Å². The summed E-state index contributed by atoms with van der Waals surface area (Å²) in [6.45, 7) is 0.227. The molecule has 1 fully saturated rings. The number of ether oxygens (including phenoxy) is 1. The van der Waals surface area contributed by atoms with Gasteiger partial charge in [0.25, 0.3) is 0 Å². The predicted molar refractivity (Wildman–Crippen MR) is 81.5 cm³/mol. The Kier molecular flexibility index (Phi) is 2.79. The zero-order valence-electron chi connectivity index (χ0n) is 11.9. The van der Waals surface area contributed by atoms with Crippen molar-refractivity contribution in [1.82, 2.24) is 0 Å². The maximum absolute atomic E-state index is 12.8. The van der Waals surface area contributed by atoms with Gasteiger partial charge in [-0.15, -0.1) is 0 Å². The number of para-hydroxylation sites is 1. The Morgan fingerprint density at radius 3 is 2.55 bits per heavy atom. The van der Waals surface area contributed by atoms with Gasteiger partial charge in [-0.3, -0.25) is 9.59 Å². The molecule has 2 aliphatic rings. The van der Waals surface area contributed by atoms with E-state index in [0.717, 1.165) is 16.8 Å². The average Bonchev–Trinajstić information content (AvgIpc) is 2.81. The topological polar surface area (TPSA) is 55.4 Å². The molecule has 0 unspecified atom stereocenters. The van der Waals surface area contributed by atoms with E-state index in [-0.39, 0.29) is 30.8 Å². The van der Waals surface area contributed by atoms with E-state index in [1.54, 1.807) is 0 Å². The first-order valence-corrected chi connectivity index (χ1v) is 7.33. The Morgan fingerprint density at radius 1 is 1.00 bits per heavy atom. The molecule has 2 aliphatic heterocycles. The van der Waals surface area contributed by atoms with Gasteiger partial charge in [-0.05, 0) is 17.2 Å². The zero-order chi connectivity index (χ0) is 15.2. The van der Waals surface area contributed by atoms with Gasteiger partial charge in [0.15, 0.2) is 0 Å². The minimum Gasteiger partial charge on any atom is -0.465 e. The molecule has 1 amide bonds. The largest absolute Gasteiger partial charge is 0.465 e. The third-order valence-corrected chi connectivity index (χ3v) is 4.69. The van der Waals surface area contributed by atoms with Crippen molar-refractivity contribution in [2.45, 2.75) is 17.8 Å². The molecule has 22 heavy (non-hydrogen) atoms. The van der Waals surface area contributed by atoms with Crippen LogP contribution < -0.4 is 5.32 Å². The van der Waals surface area contributed by atoms with Gasteiger partial charge < -0.3 is 10.1 Å². The van der Waals surface area contributed by atoms with Gasteiger partial charge in [0, 0.05) is 11.6 Å². The van der Waals surface area contributed by atoms with Crippen molar-refractivity contribution in [1.29, 1.82) is 0 Å². The van der Waals surface area contributed by atoms with Gasteiger partial charge >= 0.3 is 5.97 Å². The Hall–Kier alpha value is -2.62. The third-order valence-electron chi connectivity index (χ3n) is 4.69. The van der Waals surface area contributed by atoms with Crippen molar-refractivity contribution in [2.24, 2.45) is 0 Å². The molecule has 1 saturated heterocycles. The van der Waals surface area contributed by atoms with Gasteiger partial charge in [-0.25, -0.2) is 0 Å². The number of benzene rings is 2. The molecule has 0 aromatic heterocycles. The molecule has 4 heteroatoms. The fourth-order valence-electron chi connectivity index (χ4n) is 3.65. The molecule has 1 N–H and O–H groups in total. The number of rotatable bonds is 1. The van der Waals surface area contributed by atoms with Crippen LogP contribution in [0.4, 0.5) is 5.69 Å². The summed E-state index contributed by atoms with van der Waals surface area (Å²) < 4.78 is 5.28. The summed E-state index contributed by atoms with van der Waals surface area (Å²) in [6, 6.07) is 17.4. The SMILES string of the molecule is O=C1C[C@@]2(C(=O)Nc3ccccc32)[C@H](c2ccccc2)CO1. The van der Waals surface area contributed by atoms with Crippen LogP contribution in [-0.2, 0) is 19.7 Å². The number of nitrogens with one attached hydrogen (secondary N) is 1. The number of esters is 1. The van der Waals surface area contributed by atoms with E-state index in [4.69, 9.17) is 4.74 Å². The summed E-state index contributed by atoms with van der Waals surface area (Å²) >= 11 is 0. The standard InChI is InChI=1S/C18H15NO3/c20-16-10-18(13-8-4-5-9-15(13)19-17(18)21)14(11-22-16)12-6-2-1-3-7-12/h1-9,14H,10-11H2,(H,19,21)/t14-,18-/m0/s1. The normalized spacial score (nSPS) is 26.5. The van der Waals surface area contributed by atoms with Crippen LogP contribution >= 0.6 is 0 Å². The number of cyclic esters (lactones) is 1. The number of anilines is 1. The molecule has 0 bridgehead atoms. The molecule has 0 radical (unpaired) electrons. The van der Waals surface area contributed by atoms with Crippen molar-refractivity contribution < 1.29 is 14.3 Å². The predicted octanol–water partition coefficient (Wildman–Crippen LogP) is 2.61. The minimum absolute atomic E-state index is 0.0788. The maximum atomic E-state index is 12.8. The second-order valence-electron chi connectivity index (χ2n) is 5.79. The highest BCUT2D eigenvalue weighted by Crippen LogP contribution is 2.51. The highest BCUT2D eigenvalue weighted by molar-refractivity contribution is 6.09. The number of amides is 1. The van der Waals surface area contributed by atoms with Crippen molar-refractivity contribution in [3.63, 3.8) is 0 Å². The smallest absolute Gasteiger partial charge is 0.307 e. The first kappa shape index (κ1) is 13.1. The van der Waals surface area contributed by atoms with Crippen LogP contribution in [0.1, 0.15) is 23.5 Å². The van der Waals surface area contributed by atoms with Crippen LogP contribution in [0, 0.1) is 0 Å². The molecule has 2 aromatic carbocycles. The first-order chi connectivity index (χ1) is 10.7. The fraction of sp³-hybridized carbons (Fsp3) is 0.222. The lowest BCUT2D eigenvalue weighted by Crippen LogP contribution is -2.48. The Labute approximate surface area is 128 Å². The number of hydrogen-bond acceptors (Lipinski definition) is 3. The van der Waals surface area contributed by atoms with E-state index >= 15 is 0 Å². The maximum Gasteiger partial charge on any atom is 0.307 e. The van der Waals surface area contributed by atoms with Gasteiger partial charge in [-0.2, -0.15) is 0 Å². The molecule has 2 aromatic rings. The summed E-state index contributed by atoms with van der Waals surface area (Å²) in [5.41, 5.74) is 1.84. The molecule has 1 spiro atoms. The number of carbonyl (C=O) groups excluding carboxylic acids is 2. The fourth-order valence-corrected chi connectivity index (χ4v) is 3.65. The van der Waals surface area contributed by atoms with Gasteiger partial charge in [0.1, 0.15) is 0 Å². The van der Waals surface area contributed by atoms with E-state index < -0.39 is 5.41 Å². The van der Waals surface area contributed by atoms with Crippen LogP contribution in [0.3, 0.4) is 0 Å². The Morgan fingerprint density at radius 2 is 1.73 bits per heavy atom. The molecule has 4 rings (SSSR count). The second kappa shape index (κ2) is 4.70. The first-order valence-electron chi connectivity index (χ1n) is 7.33. The number of carbonyl (C=O) groups is 2. The number of fused-ring (bicyclic) bond motifs is 2. The summed E-state index contributed by atoms with van der Waals surface area (Å²) in [4.78, 5) is 24.8. The average molecular weight is 293 g/mol. The van der Waals surface area contributed by atoms with Crippen molar-refractivity contribution in [3.05, 3.63) is 65.7 Å². The Balaban J connectivity index is 1.92.